The second-order valence-corrected chi connectivity index (χ2v) is 18.0. The van der Waals surface area contributed by atoms with E-state index in [9.17, 15) is 18.0 Å². The zero-order valence-electron chi connectivity index (χ0n) is 29.4. The van der Waals surface area contributed by atoms with Crippen molar-refractivity contribution in [2.75, 3.05) is 42.5 Å². The van der Waals surface area contributed by atoms with Gasteiger partial charge in [0.25, 0.3) is 5.92 Å². The Morgan fingerprint density at radius 2 is 1.56 bits per heavy atom. The van der Waals surface area contributed by atoms with Crippen molar-refractivity contribution in [3.05, 3.63) is 47.1 Å². The van der Waals surface area contributed by atoms with Gasteiger partial charge in [0, 0.05) is 80.4 Å². The van der Waals surface area contributed by atoms with E-state index in [1.54, 1.807) is 21.9 Å². The predicted molar refractivity (Wildman–Crippen MR) is 196 cm³/mol. The molecule has 1 unspecified atom stereocenters. The van der Waals surface area contributed by atoms with E-state index in [1.807, 2.05) is 0 Å². The standard InChI is InChI=1S/C37H50ClF2N7O4S/c38-33-19-27(37(39,40)26-5-1-23(2-6-26)36(49)43-30-8-4-25(18-30)24-3-7-28(41)17-24)20-34(44-33)45-13-15-46(16-14-45)52(50,51)32-11-9-31(10-12-32)47-22-29(42)21-35(47)48/h9-12,19-20,23-26,28-30H,1-8,13-18,21-22,41-42H2,(H,43,49)/t23?,24?,25-,26?,28-,29-,30-/m1/s1. The highest BCUT2D eigenvalue weighted by molar-refractivity contribution is 7.89. The first kappa shape index (κ1) is 37.4. The molecule has 2 aromatic rings. The molecule has 5 N–H and O–H groups in total. The van der Waals surface area contributed by atoms with Crippen LogP contribution in [0.4, 0.5) is 20.3 Å². The average Bonchev–Trinajstić information content (AvgIpc) is 3.87. The average molecular weight is 762 g/mol. The number of carbonyl (C=O) groups is 2. The summed E-state index contributed by atoms with van der Waals surface area (Å²) < 4.78 is 60.5. The molecule has 0 spiro atoms. The highest BCUT2D eigenvalue weighted by Crippen LogP contribution is 2.46. The Kier molecular flexibility index (Phi) is 10.8. The minimum atomic E-state index is -3.83. The molecule has 2 aliphatic heterocycles. The van der Waals surface area contributed by atoms with Crippen molar-refractivity contribution in [3.63, 3.8) is 0 Å². The minimum Gasteiger partial charge on any atom is -0.354 e. The fraction of sp³-hybridized carbons (Fsp3) is 0.649. The number of nitrogens with two attached hydrogens (primary N) is 2. The zero-order chi connectivity index (χ0) is 36.8. The van der Waals surface area contributed by atoms with Crippen molar-refractivity contribution in [2.24, 2.45) is 35.1 Å². The first-order chi connectivity index (χ1) is 24.8. The van der Waals surface area contributed by atoms with Gasteiger partial charge in [0.1, 0.15) is 11.0 Å². The molecule has 1 aromatic heterocycles. The second-order valence-electron chi connectivity index (χ2n) is 15.7. The van der Waals surface area contributed by atoms with E-state index in [-0.39, 0.29) is 96.7 Å². The number of amides is 2. The van der Waals surface area contributed by atoms with Gasteiger partial charge in [-0.3, -0.25) is 9.59 Å². The van der Waals surface area contributed by atoms with Crippen LogP contribution in [0.3, 0.4) is 0 Å². The van der Waals surface area contributed by atoms with E-state index in [4.69, 9.17) is 23.1 Å². The van der Waals surface area contributed by atoms with Crippen LogP contribution in [0.5, 0.6) is 0 Å². The summed E-state index contributed by atoms with van der Waals surface area (Å²) in [5.41, 5.74) is 12.4. The number of halogens is 3. The van der Waals surface area contributed by atoms with Crippen LogP contribution in [0, 0.1) is 23.7 Å². The Morgan fingerprint density at radius 3 is 2.19 bits per heavy atom. The fourth-order valence-electron chi connectivity index (χ4n) is 9.26. The highest BCUT2D eigenvalue weighted by atomic mass is 35.5. The van der Waals surface area contributed by atoms with Crippen molar-refractivity contribution in [1.29, 1.82) is 0 Å². The van der Waals surface area contributed by atoms with Crippen LogP contribution in [-0.2, 0) is 25.5 Å². The lowest BCUT2D eigenvalue weighted by Gasteiger charge is -2.36. The molecule has 1 aromatic carbocycles. The van der Waals surface area contributed by atoms with Crippen molar-refractivity contribution in [1.82, 2.24) is 14.6 Å². The summed E-state index contributed by atoms with van der Waals surface area (Å²) in [5.74, 6) is -2.93. The third-order valence-electron chi connectivity index (χ3n) is 12.3. The smallest absolute Gasteiger partial charge is 0.276 e. The van der Waals surface area contributed by atoms with Gasteiger partial charge in [-0.15, -0.1) is 0 Å². The number of rotatable bonds is 9. The number of nitrogens with zero attached hydrogens (tertiary/aromatic N) is 4. The molecule has 5 fully saturated rings. The van der Waals surface area contributed by atoms with Gasteiger partial charge in [-0.05, 0) is 112 Å². The first-order valence-corrected chi connectivity index (χ1v) is 20.6. The van der Waals surface area contributed by atoms with E-state index < -0.39 is 21.9 Å². The number of alkyl halides is 2. The van der Waals surface area contributed by atoms with Crippen LogP contribution in [0.1, 0.15) is 76.2 Å². The van der Waals surface area contributed by atoms with Crippen LogP contribution in [0.25, 0.3) is 0 Å². The third kappa shape index (κ3) is 7.82. The highest BCUT2D eigenvalue weighted by Gasteiger charge is 2.45. The van der Waals surface area contributed by atoms with Crippen molar-refractivity contribution >= 4 is 44.9 Å². The van der Waals surface area contributed by atoms with Gasteiger partial charge >= 0.3 is 0 Å². The molecule has 3 aliphatic carbocycles. The summed E-state index contributed by atoms with van der Waals surface area (Å²) >= 11 is 6.31. The quantitative estimate of drug-likeness (QED) is 0.313. The number of nitrogens with one attached hydrogen (secondary N) is 1. The summed E-state index contributed by atoms with van der Waals surface area (Å²) in [4.78, 5) is 33.1. The van der Waals surface area contributed by atoms with Gasteiger partial charge in [0.2, 0.25) is 21.8 Å². The van der Waals surface area contributed by atoms with E-state index >= 15 is 8.78 Å². The molecule has 3 saturated carbocycles. The number of sulfonamides is 1. The summed E-state index contributed by atoms with van der Waals surface area (Å²) in [5, 5.41) is 3.19. The van der Waals surface area contributed by atoms with Crippen LogP contribution in [-0.4, -0.2) is 80.4 Å². The molecule has 5 aliphatic rings. The number of carbonyl (C=O) groups excluding carboxylic acids is 2. The van der Waals surface area contributed by atoms with Crippen molar-refractivity contribution in [3.8, 4) is 0 Å². The van der Waals surface area contributed by atoms with E-state index in [1.165, 1.54) is 35.0 Å². The fourth-order valence-corrected chi connectivity index (χ4v) is 10.9. The van der Waals surface area contributed by atoms with Gasteiger partial charge in [0.15, 0.2) is 0 Å². The molecular formula is C37H50ClF2N7O4S. The van der Waals surface area contributed by atoms with Gasteiger partial charge < -0.3 is 26.6 Å². The molecule has 5 atom stereocenters. The molecular weight excluding hydrogens is 712 g/mol. The van der Waals surface area contributed by atoms with Gasteiger partial charge in [-0.1, -0.05) is 11.6 Å². The molecule has 7 rings (SSSR count). The summed E-state index contributed by atoms with van der Waals surface area (Å²) in [6, 6.07) is 8.98. The molecule has 0 bridgehead atoms. The molecule has 284 valence electrons. The maximum Gasteiger partial charge on any atom is 0.276 e. The Labute approximate surface area is 309 Å². The molecule has 2 amide bonds. The largest absolute Gasteiger partial charge is 0.354 e. The number of aromatic nitrogens is 1. The molecule has 2 saturated heterocycles. The number of piperazine rings is 1. The SMILES string of the molecule is N[C@@H]1CCC([C@@H]2CC[C@@H](NC(=O)C3CCC(C(F)(F)c4cc(Cl)nc(N5CCN(S(=O)(=O)c6ccc(N7C[C@H](N)CC7=O)cc6)CC5)c4)CC3)C2)C1. The monoisotopic (exact) mass is 761 g/mol. The normalized spacial score (nSPS) is 30.6. The van der Waals surface area contributed by atoms with Crippen molar-refractivity contribution in [2.45, 2.75) is 99.6 Å². The maximum absolute atomic E-state index is 16.1. The summed E-state index contributed by atoms with van der Waals surface area (Å²) in [7, 11) is -3.83. The Balaban J connectivity index is 0.921. The molecule has 52 heavy (non-hydrogen) atoms. The number of pyridine rings is 1. The Morgan fingerprint density at radius 1 is 0.885 bits per heavy atom. The second kappa shape index (κ2) is 15.1. The molecule has 0 radical (unpaired) electrons. The predicted octanol–water partition coefficient (Wildman–Crippen LogP) is 4.62. The number of anilines is 2. The zero-order valence-corrected chi connectivity index (χ0v) is 31.0. The van der Waals surface area contributed by atoms with Crippen LogP contribution < -0.4 is 26.6 Å². The number of benzene rings is 1. The van der Waals surface area contributed by atoms with E-state index in [0.29, 0.717) is 43.0 Å². The lowest BCUT2D eigenvalue weighted by Crippen LogP contribution is -2.49. The topological polar surface area (TPSA) is 155 Å². The third-order valence-corrected chi connectivity index (χ3v) is 14.4. The first-order valence-electron chi connectivity index (χ1n) is 18.8. The number of hydrogen-bond acceptors (Lipinski definition) is 8. The molecule has 15 heteroatoms. The maximum atomic E-state index is 16.1. The van der Waals surface area contributed by atoms with E-state index in [0.717, 1.165) is 32.1 Å². The lowest BCUT2D eigenvalue weighted by molar-refractivity contribution is -0.129. The van der Waals surface area contributed by atoms with Gasteiger partial charge in [-0.25, -0.2) is 22.2 Å². The van der Waals surface area contributed by atoms with Gasteiger partial charge in [0.05, 0.1) is 4.90 Å². The van der Waals surface area contributed by atoms with Gasteiger partial charge in [-0.2, -0.15) is 4.31 Å². The van der Waals surface area contributed by atoms with E-state index in [2.05, 4.69) is 10.3 Å². The summed E-state index contributed by atoms with van der Waals surface area (Å²) in [6.45, 7) is 1.13. The molecule has 11 nitrogen and oxygen atoms in total. The minimum absolute atomic E-state index is 0.00766. The van der Waals surface area contributed by atoms with Crippen LogP contribution in [0.2, 0.25) is 5.15 Å². The lowest BCUT2D eigenvalue weighted by atomic mass is 9.77. The summed E-state index contributed by atoms with van der Waals surface area (Å²) in [6.07, 6.45) is 7.94. The number of hydrogen-bond donors (Lipinski definition) is 3. The Hall–Kier alpha value is -2.91. The Bertz CT molecular complexity index is 1740. The van der Waals surface area contributed by atoms with Crippen molar-refractivity contribution < 1.29 is 26.8 Å². The van der Waals surface area contributed by atoms with Crippen LogP contribution in [0.15, 0.2) is 41.3 Å². The molecule has 3 heterocycles. The van der Waals surface area contributed by atoms with Crippen LogP contribution >= 0.6 is 11.6 Å².